The van der Waals surface area contributed by atoms with Gasteiger partial charge in [0.1, 0.15) is 11.5 Å². The van der Waals surface area contributed by atoms with E-state index < -0.39 is 0 Å². The van der Waals surface area contributed by atoms with Crippen molar-refractivity contribution in [2.45, 2.75) is 13.5 Å². The predicted octanol–water partition coefficient (Wildman–Crippen LogP) is 4.55. The van der Waals surface area contributed by atoms with Crippen molar-refractivity contribution >= 4 is 23.4 Å². The van der Waals surface area contributed by atoms with E-state index in [2.05, 4.69) is 11.4 Å². The maximum atomic E-state index is 8.97. The molecule has 2 aromatic carbocycles. The summed E-state index contributed by atoms with van der Waals surface area (Å²) in [6, 6.07) is 15.0. The molecule has 0 saturated carbocycles. The van der Waals surface area contributed by atoms with Crippen LogP contribution in [0.1, 0.15) is 16.9 Å². The van der Waals surface area contributed by atoms with E-state index in [0.29, 0.717) is 17.1 Å². The minimum Gasteiger partial charge on any atom is -0.457 e. The summed E-state index contributed by atoms with van der Waals surface area (Å²) in [5, 5.41) is 13.2. The Labute approximate surface area is 141 Å². The summed E-state index contributed by atoms with van der Waals surface area (Å²) in [5.41, 5.74) is 2.43. The van der Waals surface area contributed by atoms with Gasteiger partial charge in [-0.1, -0.05) is 18.2 Å². The second kappa shape index (κ2) is 7.19. The van der Waals surface area contributed by atoms with Crippen LogP contribution in [0, 0.1) is 18.3 Å². The van der Waals surface area contributed by atoms with Crippen LogP contribution < -0.4 is 10.1 Å². The molecule has 0 fully saturated rings. The zero-order valence-electron chi connectivity index (χ0n) is 12.9. The van der Waals surface area contributed by atoms with Crippen molar-refractivity contribution < 1.29 is 9.15 Å². The lowest BCUT2D eigenvalue weighted by Gasteiger charge is -2.06. The maximum Gasteiger partial charge on any atom is 0.177 e. The third-order valence-electron chi connectivity index (χ3n) is 3.53. The number of halogens is 1. The van der Waals surface area contributed by atoms with Crippen LogP contribution in [0.15, 0.2) is 46.9 Å². The molecular weight excluding hydrogens is 312 g/mol. The van der Waals surface area contributed by atoms with Crippen molar-refractivity contribution in [3.8, 4) is 17.6 Å². The molecule has 3 rings (SSSR count). The number of aryl methyl sites for hydroxylation is 1. The molecule has 0 amide bonds. The summed E-state index contributed by atoms with van der Waals surface area (Å²) in [7, 11) is 1.91. The first-order valence-corrected chi connectivity index (χ1v) is 7.06. The molecule has 0 radical (unpaired) electrons. The molecule has 0 spiro atoms. The fourth-order valence-corrected chi connectivity index (χ4v) is 2.50. The normalized spacial score (nSPS) is 10.1. The molecule has 3 aromatic rings. The number of hydrogen-bond acceptors (Lipinski definition) is 4. The molecule has 0 aliphatic rings. The Kier molecular flexibility index (Phi) is 5.28. The van der Waals surface area contributed by atoms with Crippen molar-refractivity contribution in [2.24, 2.45) is 0 Å². The Morgan fingerprint density at radius 3 is 2.74 bits per heavy atom. The molecule has 0 bridgehead atoms. The van der Waals surface area contributed by atoms with Crippen molar-refractivity contribution in [1.29, 1.82) is 5.26 Å². The Morgan fingerprint density at radius 1 is 1.22 bits per heavy atom. The summed E-state index contributed by atoms with van der Waals surface area (Å²) in [5.74, 6) is 2.15. The van der Waals surface area contributed by atoms with Gasteiger partial charge in [0.15, 0.2) is 11.3 Å². The number of nitrogens with zero attached hydrogens (tertiary/aromatic N) is 1. The van der Waals surface area contributed by atoms with Gasteiger partial charge in [0, 0.05) is 17.5 Å². The first kappa shape index (κ1) is 16.9. The highest BCUT2D eigenvalue weighted by Crippen LogP contribution is 2.35. The van der Waals surface area contributed by atoms with Crippen molar-refractivity contribution in [2.75, 3.05) is 7.05 Å². The van der Waals surface area contributed by atoms with E-state index in [4.69, 9.17) is 14.4 Å². The van der Waals surface area contributed by atoms with Crippen LogP contribution in [-0.2, 0) is 6.54 Å². The predicted molar refractivity (Wildman–Crippen MR) is 92.2 cm³/mol. The van der Waals surface area contributed by atoms with Crippen LogP contribution in [-0.4, -0.2) is 7.05 Å². The summed E-state index contributed by atoms with van der Waals surface area (Å²) in [4.78, 5) is 0. The fraction of sp³-hybridized carbons (Fsp3) is 0.167. The van der Waals surface area contributed by atoms with E-state index >= 15 is 0 Å². The molecule has 0 unspecified atom stereocenters. The van der Waals surface area contributed by atoms with Gasteiger partial charge in [0.2, 0.25) is 0 Å². The second-order valence-electron chi connectivity index (χ2n) is 5.04. The monoisotopic (exact) mass is 328 g/mol. The van der Waals surface area contributed by atoms with Crippen molar-refractivity contribution in [3.05, 3.63) is 59.4 Å². The molecular formula is C18H17ClN2O2. The molecule has 1 heterocycles. The summed E-state index contributed by atoms with van der Waals surface area (Å²) < 4.78 is 11.8. The molecule has 1 N–H and O–H groups in total. The van der Waals surface area contributed by atoms with E-state index in [1.165, 1.54) is 0 Å². The summed E-state index contributed by atoms with van der Waals surface area (Å²) >= 11 is 0. The topological polar surface area (TPSA) is 58.2 Å². The van der Waals surface area contributed by atoms with Crippen LogP contribution in [0.3, 0.4) is 0 Å². The van der Waals surface area contributed by atoms with Crippen LogP contribution >= 0.6 is 12.4 Å². The third kappa shape index (κ3) is 3.31. The van der Waals surface area contributed by atoms with Crippen LogP contribution in [0.2, 0.25) is 0 Å². The number of rotatable bonds is 4. The second-order valence-corrected chi connectivity index (χ2v) is 5.04. The number of nitrogens with one attached hydrogen (secondary N) is 1. The highest BCUT2D eigenvalue weighted by molar-refractivity contribution is 5.87. The SMILES string of the molecule is CNCc1c(C)oc2c(Oc3cccc(C#N)c3)cccc12.Cl. The Hall–Kier alpha value is -2.48. The number of hydrogen-bond donors (Lipinski definition) is 1. The molecule has 118 valence electrons. The van der Waals surface area contributed by atoms with Crippen molar-refractivity contribution in [3.63, 3.8) is 0 Å². The molecule has 0 aliphatic heterocycles. The van der Waals surface area contributed by atoms with Gasteiger partial charge in [-0.2, -0.15) is 5.26 Å². The lowest BCUT2D eigenvalue weighted by atomic mass is 10.1. The molecule has 0 aliphatic carbocycles. The molecule has 23 heavy (non-hydrogen) atoms. The number of fused-ring (bicyclic) bond motifs is 1. The largest absolute Gasteiger partial charge is 0.457 e. The van der Waals surface area contributed by atoms with Crippen LogP contribution in [0.4, 0.5) is 0 Å². The number of ether oxygens (including phenoxy) is 1. The lowest BCUT2D eigenvalue weighted by Crippen LogP contribution is -2.05. The smallest absolute Gasteiger partial charge is 0.177 e. The summed E-state index contributed by atoms with van der Waals surface area (Å²) in [6.45, 7) is 2.69. The number of furan rings is 1. The Bertz CT molecular complexity index is 865. The van der Waals surface area contributed by atoms with Gasteiger partial charge in [-0.3, -0.25) is 0 Å². The van der Waals surface area contributed by atoms with Gasteiger partial charge in [-0.15, -0.1) is 12.4 Å². The Balaban J connectivity index is 0.00000192. The fourth-order valence-electron chi connectivity index (χ4n) is 2.50. The standard InChI is InChI=1S/C18H16N2O2.ClH/c1-12-16(11-20-2)15-7-4-8-17(18(15)21-12)22-14-6-3-5-13(9-14)10-19;/h3-9,20H,11H2,1-2H3;1H. The number of benzene rings is 2. The minimum atomic E-state index is 0. The highest BCUT2D eigenvalue weighted by atomic mass is 35.5. The molecule has 0 saturated heterocycles. The average Bonchev–Trinajstić information content (AvgIpc) is 2.85. The average molecular weight is 329 g/mol. The van der Waals surface area contributed by atoms with Gasteiger partial charge in [0.05, 0.1) is 11.6 Å². The van der Waals surface area contributed by atoms with Gasteiger partial charge < -0.3 is 14.5 Å². The van der Waals surface area contributed by atoms with E-state index in [1.54, 1.807) is 18.2 Å². The van der Waals surface area contributed by atoms with Gasteiger partial charge in [-0.25, -0.2) is 0 Å². The van der Waals surface area contributed by atoms with Crippen LogP contribution in [0.25, 0.3) is 11.0 Å². The number of nitriles is 1. The van der Waals surface area contributed by atoms with Crippen molar-refractivity contribution in [1.82, 2.24) is 5.32 Å². The first-order valence-electron chi connectivity index (χ1n) is 7.06. The van der Waals surface area contributed by atoms with E-state index in [9.17, 15) is 0 Å². The zero-order chi connectivity index (χ0) is 15.5. The summed E-state index contributed by atoms with van der Waals surface area (Å²) in [6.07, 6.45) is 0. The third-order valence-corrected chi connectivity index (χ3v) is 3.53. The number of para-hydroxylation sites is 1. The van der Waals surface area contributed by atoms with E-state index in [0.717, 1.165) is 28.8 Å². The van der Waals surface area contributed by atoms with E-state index in [1.807, 2.05) is 38.2 Å². The highest BCUT2D eigenvalue weighted by Gasteiger charge is 2.14. The zero-order valence-corrected chi connectivity index (χ0v) is 13.7. The van der Waals surface area contributed by atoms with E-state index in [-0.39, 0.29) is 12.4 Å². The molecule has 1 aromatic heterocycles. The lowest BCUT2D eigenvalue weighted by molar-refractivity contribution is 0.468. The molecule has 5 heteroatoms. The molecule has 4 nitrogen and oxygen atoms in total. The maximum absolute atomic E-state index is 8.97. The minimum absolute atomic E-state index is 0. The quantitative estimate of drug-likeness (QED) is 0.763. The van der Waals surface area contributed by atoms with Gasteiger partial charge in [-0.05, 0) is 38.2 Å². The molecule has 0 atom stereocenters. The van der Waals surface area contributed by atoms with Crippen LogP contribution in [0.5, 0.6) is 11.5 Å². The Morgan fingerprint density at radius 2 is 2.00 bits per heavy atom. The van der Waals surface area contributed by atoms with Gasteiger partial charge in [0.25, 0.3) is 0 Å². The van der Waals surface area contributed by atoms with Gasteiger partial charge >= 0.3 is 0 Å². The first-order chi connectivity index (χ1) is 10.7.